The molecule has 2 N–H and O–H groups in total. The molecule has 174 valence electrons. The Morgan fingerprint density at radius 2 is 1.40 bits per heavy atom. The van der Waals surface area contributed by atoms with Crippen molar-refractivity contribution in [2.24, 2.45) is 0 Å². The van der Waals surface area contributed by atoms with Crippen molar-refractivity contribution >= 4 is 213 Å². The van der Waals surface area contributed by atoms with Crippen molar-refractivity contribution in [1.82, 2.24) is 0 Å². The molecule has 0 unspecified atom stereocenters. The number of benzene rings is 3. The Morgan fingerprint density at radius 1 is 0.829 bits per heavy atom. The van der Waals surface area contributed by atoms with Crippen molar-refractivity contribution in [3.8, 4) is 28.2 Å². The number of fused-ring (bicyclic) bond motifs is 2. The standard InChI is InChI=1S/C20H4Cl4I4O5.2Na.2H/c21-10-8(9(20(31)32)11(22)13(24)12(10)23)7-3-1-5(25)16(29)14(27)18(3)33-19-4(7)2-6(26)17(30)15(19)28;;;;/h1-2,29H,(H,31,32);;;;. The molecule has 0 amide bonds. The first-order valence-corrected chi connectivity index (χ1v) is 14.3. The maximum absolute atomic E-state index is 12.7. The Labute approximate surface area is 316 Å². The number of phenols is 1. The van der Waals surface area contributed by atoms with Gasteiger partial charge >= 0.3 is 65.1 Å². The fraction of sp³-hybridized carbons (Fsp3) is 0. The van der Waals surface area contributed by atoms with Gasteiger partial charge in [-0.3, -0.25) is 4.79 Å². The average Bonchev–Trinajstić information content (AvgIpc) is 2.76. The van der Waals surface area contributed by atoms with Gasteiger partial charge in [0.25, 0.3) is 0 Å². The summed E-state index contributed by atoms with van der Waals surface area (Å²) in [6.07, 6.45) is 0. The van der Waals surface area contributed by atoms with Crippen molar-refractivity contribution in [2.45, 2.75) is 0 Å². The van der Waals surface area contributed by atoms with Crippen molar-refractivity contribution in [1.29, 1.82) is 0 Å². The fourth-order valence-corrected chi connectivity index (χ4v) is 7.93. The summed E-state index contributed by atoms with van der Waals surface area (Å²) in [6, 6.07) is 3.22. The van der Waals surface area contributed by atoms with Crippen LogP contribution in [0.15, 0.2) is 21.3 Å². The first-order valence-electron chi connectivity index (χ1n) is 8.43. The number of hydrogen-bond donors (Lipinski definition) is 2. The SMILES string of the molecule is O=C(O)c1c(Cl)c(Cl)c(Cl)c(Cl)c1-c1c2cc(I)c(=O)c(I)c-2oc2c(I)c(O)c(I)cc12.[NaH].[NaH]. The Balaban J connectivity index is 0.00000216. The predicted molar refractivity (Wildman–Crippen MR) is 178 cm³/mol. The second kappa shape index (κ2) is 13.0. The molecule has 1 heterocycles. The minimum absolute atomic E-state index is 0. The van der Waals surface area contributed by atoms with Crippen molar-refractivity contribution in [3.05, 3.63) is 62.3 Å². The van der Waals surface area contributed by atoms with E-state index in [1.54, 1.807) is 12.1 Å². The number of aromatic carboxylic acids is 1. The molecule has 0 spiro atoms. The number of carboxylic acids is 1. The van der Waals surface area contributed by atoms with Gasteiger partial charge in [-0.2, -0.15) is 0 Å². The van der Waals surface area contributed by atoms with Gasteiger partial charge in [-0.1, -0.05) is 46.4 Å². The average molecular weight is 1020 g/mol. The molecule has 4 rings (SSSR count). The third-order valence-electron chi connectivity index (χ3n) is 4.75. The van der Waals surface area contributed by atoms with Crippen LogP contribution in [0, 0.1) is 14.3 Å². The van der Waals surface area contributed by atoms with Gasteiger partial charge in [-0.15, -0.1) is 0 Å². The van der Waals surface area contributed by atoms with E-state index >= 15 is 0 Å². The number of phenolic OH excluding ortho intramolecular Hbond substituents is 1. The Morgan fingerprint density at radius 3 is 1.97 bits per heavy atom. The first kappa shape index (κ1) is 33.7. The van der Waals surface area contributed by atoms with E-state index in [9.17, 15) is 19.8 Å². The van der Waals surface area contributed by atoms with Crippen molar-refractivity contribution in [2.75, 3.05) is 0 Å². The van der Waals surface area contributed by atoms with Crippen molar-refractivity contribution < 1.29 is 19.4 Å². The summed E-state index contributed by atoms with van der Waals surface area (Å²) in [4.78, 5) is 25.0. The molecule has 0 bridgehead atoms. The van der Waals surface area contributed by atoms with Gasteiger partial charge in [0.05, 0.1) is 36.4 Å². The van der Waals surface area contributed by atoms with Gasteiger partial charge in [-0.25, -0.2) is 4.79 Å². The topological polar surface area (TPSA) is 87.7 Å². The molecule has 5 nitrogen and oxygen atoms in total. The van der Waals surface area contributed by atoms with Gasteiger partial charge < -0.3 is 14.6 Å². The molecule has 15 heteroatoms. The van der Waals surface area contributed by atoms with Gasteiger partial charge in [0, 0.05) is 22.1 Å². The van der Waals surface area contributed by atoms with E-state index in [4.69, 9.17) is 50.8 Å². The molecule has 0 atom stereocenters. The van der Waals surface area contributed by atoms with Gasteiger partial charge in [-0.05, 0) is 102 Å². The van der Waals surface area contributed by atoms with E-state index in [2.05, 4.69) is 0 Å². The van der Waals surface area contributed by atoms with E-state index in [1.807, 2.05) is 90.4 Å². The monoisotopic (exact) mass is 1020 g/mol. The van der Waals surface area contributed by atoms with E-state index < -0.39 is 5.97 Å². The van der Waals surface area contributed by atoms with Crippen molar-refractivity contribution in [3.63, 3.8) is 0 Å². The minimum atomic E-state index is -1.37. The summed E-state index contributed by atoms with van der Waals surface area (Å²) < 4.78 is 7.64. The van der Waals surface area contributed by atoms with Crippen LogP contribution in [0.25, 0.3) is 33.4 Å². The molecule has 1 aliphatic heterocycles. The number of aromatic hydroxyl groups is 1. The number of carboxylic acid groups (broad SMARTS) is 1. The van der Waals surface area contributed by atoms with Gasteiger partial charge in [0.2, 0.25) is 5.43 Å². The van der Waals surface area contributed by atoms with Crippen LogP contribution < -0.4 is 5.43 Å². The third-order valence-corrected chi connectivity index (χ3v) is 10.2. The Bertz CT molecular complexity index is 1580. The molecule has 2 aliphatic rings. The normalized spacial score (nSPS) is 10.9. The second-order valence-electron chi connectivity index (χ2n) is 6.56. The fourth-order valence-electron chi connectivity index (χ4n) is 3.33. The molecule has 2 aromatic rings. The van der Waals surface area contributed by atoms with Gasteiger partial charge in [0.15, 0.2) is 11.3 Å². The summed E-state index contributed by atoms with van der Waals surface area (Å²) in [5.41, 5.74) is 0.423. The summed E-state index contributed by atoms with van der Waals surface area (Å²) in [6.45, 7) is 0. The zero-order chi connectivity index (χ0) is 24.5. The van der Waals surface area contributed by atoms with E-state index in [0.717, 1.165) is 0 Å². The molecular formula is C20H6Cl4I4Na2O5. The molecule has 0 aromatic heterocycles. The van der Waals surface area contributed by atoms with E-state index in [0.29, 0.717) is 27.2 Å². The molecule has 0 fully saturated rings. The van der Waals surface area contributed by atoms with Crippen LogP contribution in [0.3, 0.4) is 0 Å². The van der Waals surface area contributed by atoms with Crippen LogP contribution in [0.4, 0.5) is 0 Å². The Hall–Kier alpha value is 2.48. The number of halogens is 8. The van der Waals surface area contributed by atoms with Crippen LogP contribution in [0.1, 0.15) is 10.4 Å². The number of carbonyl (C=O) groups is 1. The molecule has 0 saturated carbocycles. The first-order chi connectivity index (χ1) is 15.4. The summed E-state index contributed by atoms with van der Waals surface area (Å²) in [5.74, 6) is -1.18. The third kappa shape index (κ3) is 5.80. The zero-order valence-corrected chi connectivity index (χ0v) is 27.0. The molecule has 1 aliphatic carbocycles. The second-order valence-corrected chi connectivity index (χ2v) is 12.6. The van der Waals surface area contributed by atoms with E-state index in [1.165, 1.54) is 0 Å². The van der Waals surface area contributed by atoms with Crippen LogP contribution in [-0.2, 0) is 0 Å². The summed E-state index contributed by atoms with van der Waals surface area (Å²) in [7, 11) is 0. The molecule has 0 saturated heterocycles. The molecule has 0 radical (unpaired) electrons. The maximum atomic E-state index is 12.7. The molecular weight excluding hydrogens is 1020 g/mol. The van der Waals surface area contributed by atoms with Crippen LogP contribution in [-0.4, -0.2) is 75.3 Å². The predicted octanol–water partition coefficient (Wildman–Crippen LogP) is 7.70. The number of hydrogen-bond acceptors (Lipinski definition) is 4. The summed E-state index contributed by atoms with van der Waals surface area (Å²) in [5, 5.41) is 20.3. The van der Waals surface area contributed by atoms with E-state index in [-0.39, 0.29) is 116 Å². The number of rotatable bonds is 2. The van der Waals surface area contributed by atoms with Crippen LogP contribution in [0.2, 0.25) is 20.1 Å². The van der Waals surface area contributed by atoms with Crippen LogP contribution >= 0.6 is 137 Å². The zero-order valence-electron chi connectivity index (χ0n) is 15.3. The van der Waals surface area contributed by atoms with Gasteiger partial charge in [0.1, 0.15) is 9.32 Å². The van der Waals surface area contributed by atoms with Crippen LogP contribution in [0.5, 0.6) is 5.75 Å². The Kier molecular flexibility index (Phi) is 12.5. The summed E-state index contributed by atoms with van der Waals surface area (Å²) >= 11 is 33.1. The molecule has 35 heavy (non-hydrogen) atoms. The molecule has 2 aromatic carbocycles. The quantitative estimate of drug-likeness (QED) is 0.0708.